The zero-order valence-corrected chi connectivity index (χ0v) is 16.8. The van der Waals surface area contributed by atoms with Crippen LogP contribution < -0.4 is 10.1 Å². The van der Waals surface area contributed by atoms with E-state index in [1.807, 2.05) is 17.7 Å². The van der Waals surface area contributed by atoms with Gasteiger partial charge >= 0.3 is 0 Å². The Bertz CT molecular complexity index is 997. The summed E-state index contributed by atoms with van der Waals surface area (Å²) in [6.07, 6.45) is 5.61. The van der Waals surface area contributed by atoms with Crippen LogP contribution in [0.15, 0.2) is 60.9 Å². The maximum Gasteiger partial charge on any atom is 0.252 e. The van der Waals surface area contributed by atoms with E-state index >= 15 is 0 Å². The van der Waals surface area contributed by atoms with Crippen molar-refractivity contribution in [1.29, 1.82) is 0 Å². The molecule has 2 unspecified atom stereocenters. The van der Waals surface area contributed by atoms with Crippen molar-refractivity contribution >= 4 is 5.91 Å². The van der Waals surface area contributed by atoms with Crippen LogP contribution in [0, 0.1) is 5.82 Å². The van der Waals surface area contributed by atoms with Crippen LogP contribution in [0.25, 0.3) is 0 Å². The minimum absolute atomic E-state index is 0.105. The van der Waals surface area contributed by atoms with Gasteiger partial charge in [0.05, 0.1) is 6.10 Å². The topological polar surface area (TPSA) is 65.4 Å². The normalized spacial score (nSPS) is 16.9. The molecule has 2 heterocycles. The lowest BCUT2D eigenvalue weighted by Gasteiger charge is -2.19. The van der Waals surface area contributed by atoms with Crippen LogP contribution >= 0.6 is 0 Å². The molecule has 0 bridgehead atoms. The van der Waals surface area contributed by atoms with Crippen LogP contribution in [-0.4, -0.2) is 34.8 Å². The smallest absolute Gasteiger partial charge is 0.252 e. The summed E-state index contributed by atoms with van der Waals surface area (Å²) >= 11 is 0. The molecule has 4 rings (SSSR count). The van der Waals surface area contributed by atoms with Crippen LogP contribution in [0.1, 0.15) is 40.6 Å². The van der Waals surface area contributed by atoms with E-state index in [1.165, 1.54) is 12.1 Å². The molecule has 1 fully saturated rings. The molecule has 3 aromatic rings. The maximum atomic E-state index is 13.4. The number of aryl methyl sites for hydroxylation is 1. The third kappa shape index (κ3) is 4.68. The minimum atomic E-state index is -0.519. The molecule has 6 nitrogen and oxygen atoms in total. The van der Waals surface area contributed by atoms with Gasteiger partial charge in [-0.3, -0.25) is 4.79 Å². The summed E-state index contributed by atoms with van der Waals surface area (Å²) in [5.74, 6) is 0.670. The first-order chi connectivity index (χ1) is 14.6. The molecule has 2 aromatic carbocycles. The molecular formula is C23H24FN3O3. The molecule has 0 radical (unpaired) electrons. The fourth-order valence-corrected chi connectivity index (χ4v) is 3.51. The predicted octanol–water partition coefficient (Wildman–Crippen LogP) is 3.64. The van der Waals surface area contributed by atoms with Gasteiger partial charge in [0, 0.05) is 31.6 Å². The average Bonchev–Trinajstić information content (AvgIpc) is 3.43. The molecule has 1 aliphatic heterocycles. The molecule has 30 heavy (non-hydrogen) atoms. The molecular weight excluding hydrogens is 385 g/mol. The molecule has 1 N–H and O–H groups in total. The van der Waals surface area contributed by atoms with Crippen molar-refractivity contribution in [2.24, 2.45) is 7.05 Å². The van der Waals surface area contributed by atoms with E-state index in [0.29, 0.717) is 23.7 Å². The second-order valence-corrected chi connectivity index (χ2v) is 7.33. The fraction of sp³-hybridized carbons (Fsp3) is 0.304. The molecule has 156 valence electrons. The fourth-order valence-electron chi connectivity index (χ4n) is 3.51. The highest BCUT2D eigenvalue weighted by Crippen LogP contribution is 2.23. The summed E-state index contributed by atoms with van der Waals surface area (Å²) in [6, 6.07) is 12.6. The van der Waals surface area contributed by atoms with Crippen molar-refractivity contribution in [2.45, 2.75) is 25.0 Å². The van der Waals surface area contributed by atoms with Crippen molar-refractivity contribution in [3.8, 4) is 5.75 Å². The summed E-state index contributed by atoms with van der Waals surface area (Å²) in [6.45, 7) is 1.24. The van der Waals surface area contributed by atoms with E-state index in [-0.39, 0.29) is 17.8 Å². The summed E-state index contributed by atoms with van der Waals surface area (Å²) in [5.41, 5.74) is 1.21. The maximum absolute atomic E-state index is 13.4. The minimum Gasteiger partial charge on any atom is -0.491 e. The van der Waals surface area contributed by atoms with Crippen molar-refractivity contribution in [2.75, 3.05) is 13.2 Å². The summed E-state index contributed by atoms with van der Waals surface area (Å²) in [5, 5.41) is 3.01. The standard InChI is InChI=1S/C23H24FN3O3/c1-27-12-11-25-22(27)21(16-7-9-18(24)10-8-16)26-23(28)17-4-2-5-19(14-17)30-15-20-6-3-13-29-20/h2,4-5,7-12,14,20-21H,3,6,13,15H2,1H3,(H,26,28). The number of nitrogens with one attached hydrogen (secondary N) is 1. The molecule has 1 saturated heterocycles. The van der Waals surface area contributed by atoms with Crippen LogP contribution in [-0.2, 0) is 11.8 Å². The first kappa shape index (κ1) is 20.1. The van der Waals surface area contributed by atoms with E-state index in [4.69, 9.17) is 9.47 Å². The average molecular weight is 409 g/mol. The van der Waals surface area contributed by atoms with E-state index in [0.717, 1.165) is 25.0 Å². The van der Waals surface area contributed by atoms with Gasteiger partial charge in [-0.1, -0.05) is 18.2 Å². The highest BCUT2D eigenvalue weighted by Gasteiger charge is 2.22. The molecule has 2 atom stereocenters. The van der Waals surface area contributed by atoms with E-state index in [1.54, 1.807) is 42.7 Å². The Morgan fingerprint density at radius 2 is 2.17 bits per heavy atom. The lowest BCUT2D eigenvalue weighted by Crippen LogP contribution is -2.31. The number of benzene rings is 2. The van der Waals surface area contributed by atoms with Gasteiger partial charge in [-0.15, -0.1) is 0 Å². The number of hydrogen-bond donors (Lipinski definition) is 1. The van der Waals surface area contributed by atoms with Crippen LogP contribution in [0.5, 0.6) is 5.75 Å². The Labute approximate surface area is 174 Å². The van der Waals surface area contributed by atoms with Gasteiger partial charge in [-0.2, -0.15) is 0 Å². The number of ether oxygens (including phenoxy) is 2. The lowest BCUT2D eigenvalue weighted by atomic mass is 10.0. The zero-order valence-electron chi connectivity index (χ0n) is 16.8. The number of amides is 1. The Kier molecular flexibility index (Phi) is 6.09. The molecule has 0 spiro atoms. The Morgan fingerprint density at radius 1 is 1.33 bits per heavy atom. The van der Waals surface area contributed by atoms with Gasteiger partial charge in [-0.25, -0.2) is 9.37 Å². The molecule has 7 heteroatoms. The first-order valence-corrected chi connectivity index (χ1v) is 9.98. The van der Waals surface area contributed by atoms with E-state index in [9.17, 15) is 9.18 Å². The summed E-state index contributed by atoms with van der Waals surface area (Å²) in [4.78, 5) is 17.4. The highest BCUT2D eigenvalue weighted by molar-refractivity contribution is 5.95. The number of carbonyl (C=O) groups excluding carboxylic acids is 1. The summed E-state index contributed by atoms with van der Waals surface area (Å²) in [7, 11) is 1.85. The molecule has 1 amide bonds. The molecule has 0 aliphatic carbocycles. The van der Waals surface area contributed by atoms with E-state index < -0.39 is 6.04 Å². The van der Waals surface area contributed by atoms with Gasteiger partial charge in [0.25, 0.3) is 5.91 Å². The number of halogens is 1. The van der Waals surface area contributed by atoms with Gasteiger partial charge in [0.1, 0.15) is 30.0 Å². The van der Waals surface area contributed by atoms with Gasteiger partial charge in [0.2, 0.25) is 0 Å². The molecule has 1 aliphatic rings. The van der Waals surface area contributed by atoms with Crippen molar-refractivity contribution < 1.29 is 18.7 Å². The van der Waals surface area contributed by atoms with E-state index in [2.05, 4.69) is 10.3 Å². The largest absolute Gasteiger partial charge is 0.491 e. The van der Waals surface area contributed by atoms with Gasteiger partial charge in [0.15, 0.2) is 0 Å². The third-order valence-corrected chi connectivity index (χ3v) is 5.15. The zero-order chi connectivity index (χ0) is 20.9. The number of carbonyl (C=O) groups is 1. The van der Waals surface area contributed by atoms with Gasteiger partial charge in [-0.05, 0) is 48.7 Å². The Hall–Kier alpha value is -3.19. The van der Waals surface area contributed by atoms with Crippen molar-refractivity contribution in [1.82, 2.24) is 14.9 Å². The summed E-state index contributed by atoms with van der Waals surface area (Å²) < 4.78 is 26.6. The number of aromatic nitrogens is 2. The predicted molar refractivity (Wildman–Crippen MR) is 110 cm³/mol. The number of hydrogen-bond acceptors (Lipinski definition) is 4. The van der Waals surface area contributed by atoms with Crippen LogP contribution in [0.2, 0.25) is 0 Å². The van der Waals surface area contributed by atoms with Crippen LogP contribution in [0.3, 0.4) is 0 Å². The monoisotopic (exact) mass is 409 g/mol. The quantitative estimate of drug-likeness (QED) is 0.647. The first-order valence-electron chi connectivity index (χ1n) is 9.98. The molecule has 0 saturated carbocycles. The number of nitrogens with zero attached hydrogens (tertiary/aromatic N) is 2. The second kappa shape index (κ2) is 9.09. The number of imidazole rings is 1. The van der Waals surface area contributed by atoms with Gasteiger partial charge < -0.3 is 19.4 Å². The molecule has 1 aromatic heterocycles. The van der Waals surface area contributed by atoms with Crippen molar-refractivity contribution in [3.05, 3.63) is 83.7 Å². The SMILES string of the molecule is Cn1ccnc1C(NC(=O)c1cccc(OCC2CCCO2)c1)c1ccc(F)cc1. The lowest BCUT2D eigenvalue weighted by molar-refractivity contribution is 0.0679. The van der Waals surface area contributed by atoms with Crippen molar-refractivity contribution in [3.63, 3.8) is 0 Å². The highest BCUT2D eigenvalue weighted by atomic mass is 19.1. The van der Waals surface area contributed by atoms with Crippen LogP contribution in [0.4, 0.5) is 4.39 Å². The second-order valence-electron chi connectivity index (χ2n) is 7.33. The third-order valence-electron chi connectivity index (χ3n) is 5.15. The Morgan fingerprint density at radius 3 is 2.87 bits per heavy atom. The number of rotatable bonds is 7. The Balaban J connectivity index is 1.51.